The van der Waals surface area contributed by atoms with E-state index in [4.69, 9.17) is 4.74 Å². The monoisotopic (exact) mass is 356 g/mol. The van der Waals surface area contributed by atoms with E-state index >= 15 is 0 Å². The number of aromatic amines is 1. The molecule has 0 aliphatic carbocycles. The molecule has 134 valence electrons. The molecule has 1 aromatic heterocycles. The fourth-order valence-electron chi connectivity index (χ4n) is 3.46. The highest BCUT2D eigenvalue weighted by molar-refractivity contribution is 7.88. The molecule has 0 bridgehead atoms. The Morgan fingerprint density at radius 1 is 1.29 bits per heavy atom. The van der Waals surface area contributed by atoms with E-state index in [1.807, 2.05) is 0 Å². The van der Waals surface area contributed by atoms with Gasteiger partial charge in [-0.05, 0) is 19.8 Å². The number of H-pyrrole nitrogens is 1. The molecule has 1 atom stereocenters. The molecule has 1 aromatic rings. The van der Waals surface area contributed by atoms with Crippen LogP contribution in [0.5, 0.6) is 0 Å². The first-order valence-corrected chi connectivity index (χ1v) is 10.1. The van der Waals surface area contributed by atoms with Gasteiger partial charge < -0.3 is 9.72 Å². The van der Waals surface area contributed by atoms with Crippen LogP contribution < -0.4 is 5.56 Å². The van der Waals surface area contributed by atoms with Gasteiger partial charge in [-0.3, -0.25) is 9.69 Å². The third kappa shape index (κ3) is 4.02. The summed E-state index contributed by atoms with van der Waals surface area (Å²) in [5, 5.41) is 0. The maximum atomic E-state index is 11.6. The van der Waals surface area contributed by atoms with Gasteiger partial charge in [-0.2, -0.15) is 0 Å². The summed E-state index contributed by atoms with van der Waals surface area (Å²) >= 11 is 0. The van der Waals surface area contributed by atoms with Gasteiger partial charge in [-0.15, -0.1) is 0 Å². The molecule has 3 heterocycles. The topological polar surface area (TPSA) is 95.6 Å². The predicted molar refractivity (Wildman–Crippen MR) is 89.3 cm³/mol. The molecule has 1 unspecified atom stereocenters. The number of nitrogens with one attached hydrogen (secondary N) is 1. The van der Waals surface area contributed by atoms with Crippen molar-refractivity contribution in [1.29, 1.82) is 0 Å². The van der Waals surface area contributed by atoms with E-state index in [9.17, 15) is 13.2 Å². The van der Waals surface area contributed by atoms with Gasteiger partial charge in [0.2, 0.25) is 10.0 Å². The Balaban J connectivity index is 1.65. The Hall–Kier alpha value is -1.29. The number of sulfonamides is 1. The summed E-state index contributed by atoms with van der Waals surface area (Å²) in [6.45, 7) is 4.97. The lowest BCUT2D eigenvalue weighted by atomic mass is 10.0. The first-order valence-electron chi connectivity index (χ1n) is 8.21. The van der Waals surface area contributed by atoms with Crippen molar-refractivity contribution in [3.05, 3.63) is 27.9 Å². The zero-order valence-corrected chi connectivity index (χ0v) is 14.9. The van der Waals surface area contributed by atoms with Crippen LogP contribution in [0, 0.1) is 6.92 Å². The number of morpholine rings is 1. The van der Waals surface area contributed by atoms with Crippen LogP contribution in [-0.4, -0.2) is 72.7 Å². The van der Waals surface area contributed by atoms with Gasteiger partial charge in [0.1, 0.15) is 11.9 Å². The Morgan fingerprint density at radius 3 is 2.62 bits per heavy atom. The summed E-state index contributed by atoms with van der Waals surface area (Å²) in [5.41, 5.74) is 0.510. The largest absolute Gasteiger partial charge is 0.368 e. The number of aromatic nitrogens is 2. The second-order valence-corrected chi connectivity index (χ2v) is 8.50. The summed E-state index contributed by atoms with van der Waals surface area (Å²) in [5.74, 6) is 0.568. The second-order valence-electron chi connectivity index (χ2n) is 6.52. The Bertz CT molecular complexity index is 740. The standard InChI is InChI=1S/C15H24N4O4S/c1-11-9-14(20)17-15(16-11)13-10-18(7-8-23-13)12-3-5-19(6-4-12)24(2,21)22/h9,12-13H,3-8,10H2,1-2H3,(H,16,17,20). The van der Waals surface area contributed by atoms with Gasteiger partial charge in [0.05, 0.1) is 12.9 Å². The van der Waals surface area contributed by atoms with E-state index in [1.54, 1.807) is 11.2 Å². The van der Waals surface area contributed by atoms with Crippen molar-refractivity contribution in [2.45, 2.75) is 31.9 Å². The molecular weight excluding hydrogens is 332 g/mol. The van der Waals surface area contributed by atoms with Gasteiger partial charge in [-0.1, -0.05) is 0 Å². The van der Waals surface area contributed by atoms with Crippen LogP contribution in [0.4, 0.5) is 0 Å². The van der Waals surface area contributed by atoms with Gasteiger partial charge >= 0.3 is 0 Å². The van der Waals surface area contributed by atoms with Gasteiger partial charge in [-0.25, -0.2) is 17.7 Å². The fourth-order valence-corrected chi connectivity index (χ4v) is 4.33. The summed E-state index contributed by atoms with van der Waals surface area (Å²) in [4.78, 5) is 21.1. The normalized spacial score (nSPS) is 25.0. The van der Waals surface area contributed by atoms with Crippen molar-refractivity contribution in [3.8, 4) is 0 Å². The van der Waals surface area contributed by atoms with E-state index in [2.05, 4.69) is 14.9 Å². The van der Waals surface area contributed by atoms with Gasteiger partial charge in [0.25, 0.3) is 5.56 Å². The lowest BCUT2D eigenvalue weighted by molar-refractivity contribution is -0.0548. The number of aryl methyl sites for hydroxylation is 1. The average Bonchev–Trinajstić information content (AvgIpc) is 2.53. The number of nitrogens with zero attached hydrogens (tertiary/aromatic N) is 3. The summed E-state index contributed by atoms with van der Waals surface area (Å²) in [7, 11) is -3.10. The van der Waals surface area contributed by atoms with Crippen LogP contribution in [0.25, 0.3) is 0 Å². The van der Waals surface area contributed by atoms with E-state index < -0.39 is 10.0 Å². The molecule has 0 amide bonds. The fraction of sp³-hybridized carbons (Fsp3) is 0.733. The van der Waals surface area contributed by atoms with Gasteiger partial charge in [0, 0.05) is 44.0 Å². The van der Waals surface area contributed by atoms with Crippen molar-refractivity contribution in [1.82, 2.24) is 19.2 Å². The Labute approximate surface area is 141 Å². The molecule has 0 saturated carbocycles. The van der Waals surface area contributed by atoms with Crippen molar-refractivity contribution in [2.75, 3.05) is 39.0 Å². The molecule has 2 saturated heterocycles. The Morgan fingerprint density at radius 2 is 2.00 bits per heavy atom. The molecule has 0 radical (unpaired) electrons. The highest BCUT2D eigenvalue weighted by atomic mass is 32.2. The van der Waals surface area contributed by atoms with Crippen molar-refractivity contribution >= 4 is 10.0 Å². The van der Waals surface area contributed by atoms with Crippen LogP contribution in [0.2, 0.25) is 0 Å². The number of ether oxygens (including phenoxy) is 1. The summed E-state index contributed by atoms with van der Waals surface area (Å²) in [6, 6.07) is 1.80. The van der Waals surface area contributed by atoms with Crippen LogP contribution in [0.3, 0.4) is 0 Å². The average molecular weight is 356 g/mol. The number of rotatable bonds is 3. The predicted octanol–water partition coefficient (Wildman–Crippen LogP) is -0.124. The quantitative estimate of drug-likeness (QED) is 0.811. The molecule has 1 N–H and O–H groups in total. The minimum Gasteiger partial charge on any atom is -0.368 e. The maximum Gasteiger partial charge on any atom is 0.251 e. The van der Waals surface area contributed by atoms with Crippen molar-refractivity contribution in [2.24, 2.45) is 0 Å². The second kappa shape index (κ2) is 6.91. The minimum atomic E-state index is -3.10. The smallest absolute Gasteiger partial charge is 0.251 e. The lowest BCUT2D eigenvalue weighted by Crippen LogP contribution is -2.50. The maximum absolute atomic E-state index is 11.6. The number of hydrogen-bond acceptors (Lipinski definition) is 6. The zero-order chi connectivity index (χ0) is 17.3. The first-order chi connectivity index (χ1) is 11.3. The van der Waals surface area contributed by atoms with E-state index in [1.165, 1.54) is 12.3 Å². The molecule has 24 heavy (non-hydrogen) atoms. The van der Waals surface area contributed by atoms with Crippen molar-refractivity contribution in [3.63, 3.8) is 0 Å². The van der Waals surface area contributed by atoms with Crippen LogP contribution in [0.1, 0.15) is 30.5 Å². The molecule has 0 spiro atoms. The SMILES string of the molecule is Cc1cc(=O)[nH]c(C2CN(C3CCN(S(C)(=O)=O)CC3)CCO2)n1. The first kappa shape index (κ1) is 17.5. The highest BCUT2D eigenvalue weighted by Crippen LogP contribution is 2.25. The van der Waals surface area contributed by atoms with E-state index in [-0.39, 0.29) is 11.7 Å². The summed E-state index contributed by atoms with van der Waals surface area (Å²) < 4.78 is 30.6. The van der Waals surface area contributed by atoms with Crippen molar-refractivity contribution < 1.29 is 13.2 Å². The van der Waals surface area contributed by atoms with Crippen LogP contribution in [0.15, 0.2) is 10.9 Å². The minimum absolute atomic E-state index is 0.167. The highest BCUT2D eigenvalue weighted by Gasteiger charge is 2.32. The molecule has 3 rings (SSSR count). The summed E-state index contributed by atoms with van der Waals surface area (Å²) in [6.07, 6.45) is 2.65. The molecule has 2 aliphatic rings. The Kier molecular flexibility index (Phi) is 5.05. The number of piperidine rings is 1. The third-order valence-electron chi connectivity index (χ3n) is 4.70. The van der Waals surface area contributed by atoms with Gasteiger partial charge in [0.15, 0.2) is 0 Å². The van der Waals surface area contributed by atoms with Crippen LogP contribution >= 0.6 is 0 Å². The van der Waals surface area contributed by atoms with E-state index in [0.717, 1.165) is 19.4 Å². The van der Waals surface area contributed by atoms with Crippen LogP contribution in [-0.2, 0) is 14.8 Å². The molecular formula is C15H24N4O4S. The third-order valence-corrected chi connectivity index (χ3v) is 6.00. The lowest BCUT2D eigenvalue weighted by Gasteiger charge is -2.41. The van der Waals surface area contributed by atoms with E-state index in [0.29, 0.717) is 43.8 Å². The molecule has 2 aliphatic heterocycles. The molecule has 0 aromatic carbocycles. The molecule has 9 heteroatoms. The molecule has 8 nitrogen and oxygen atoms in total. The molecule has 2 fully saturated rings. The number of hydrogen-bond donors (Lipinski definition) is 1. The zero-order valence-electron chi connectivity index (χ0n) is 14.1.